The van der Waals surface area contributed by atoms with E-state index in [0.29, 0.717) is 4.48 Å². The van der Waals surface area contributed by atoms with Crippen LogP contribution >= 0.6 is 15.9 Å². The van der Waals surface area contributed by atoms with Gasteiger partial charge in [-0.2, -0.15) is 0 Å². The summed E-state index contributed by atoms with van der Waals surface area (Å²) in [7, 11) is 1.47. The molecule has 0 radical (unpaired) electrons. The lowest BCUT2D eigenvalue weighted by Gasteiger charge is -2.05. The molecule has 50 valence electrons. The monoisotopic (exact) mass is 192 g/mol. The number of hydrogen-bond donors (Lipinski definition) is 0. The summed E-state index contributed by atoms with van der Waals surface area (Å²) in [5.41, 5.74) is 0. The smallest absolute Gasteiger partial charge is 0.334 e. The molecule has 1 aliphatic rings. The van der Waals surface area contributed by atoms with Gasteiger partial charge in [0, 0.05) is 13.2 Å². The third kappa shape index (κ3) is 1.31. The van der Waals surface area contributed by atoms with Crippen LogP contribution in [0.2, 0.25) is 0 Å². The molecular weight excluding hydrogens is 188 g/mol. The van der Waals surface area contributed by atoms with Crippen LogP contribution in [0.1, 0.15) is 0 Å². The normalized spacial score (nSPS) is 25.8. The molecule has 9 heavy (non-hydrogen) atoms. The van der Waals surface area contributed by atoms with Crippen LogP contribution in [0.15, 0.2) is 10.6 Å². The zero-order valence-corrected chi connectivity index (χ0v) is 6.34. The lowest BCUT2D eigenvalue weighted by molar-refractivity contribution is -0.154. The number of carbonyl (C=O) groups is 1. The minimum Gasteiger partial charge on any atom is -0.427 e. The van der Waals surface area contributed by atoms with Gasteiger partial charge in [-0.05, 0) is 15.9 Å². The van der Waals surface area contributed by atoms with Crippen LogP contribution < -0.4 is 0 Å². The van der Waals surface area contributed by atoms with Gasteiger partial charge in [-0.1, -0.05) is 0 Å². The maximum Gasteiger partial charge on any atom is 0.334 e. The Kier molecular flexibility index (Phi) is 1.87. The Morgan fingerprint density at radius 3 is 2.78 bits per heavy atom. The van der Waals surface area contributed by atoms with Gasteiger partial charge in [-0.3, -0.25) is 0 Å². The highest BCUT2D eigenvalue weighted by Gasteiger charge is 2.23. The summed E-state index contributed by atoms with van der Waals surface area (Å²) >= 11 is 3.10. The Labute approximate surface area is 60.8 Å². The van der Waals surface area contributed by atoms with Crippen molar-refractivity contribution in [3.63, 3.8) is 0 Å². The number of esters is 1. The van der Waals surface area contributed by atoms with Crippen molar-refractivity contribution in [2.24, 2.45) is 0 Å². The molecule has 4 heteroatoms. The van der Waals surface area contributed by atoms with E-state index in [2.05, 4.69) is 20.7 Å². The molecule has 1 heterocycles. The second-order valence-corrected chi connectivity index (χ2v) is 2.45. The van der Waals surface area contributed by atoms with Crippen molar-refractivity contribution in [3.8, 4) is 0 Å². The lowest BCUT2D eigenvalue weighted by Crippen LogP contribution is -2.11. The van der Waals surface area contributed by atoms with Gasteiger partial charge >= 0.3 is 5.97 Å². The maximum absolute atomic E-state index is 10.4. The van der Waals surface area contributed by atoms with E-state index in [-0.39, 0.29) is 5.97 Å². The molecule has 0 N–H and O–H groups in total. The Balaban J connectivity index is 2.64. The van der Waals surface area contributed by atoms with Crippen molar-refractivity contribution < 1.29 is 14.3 Å². The Hall–Kier alpha value is -0.350. The highest BCUT2D eigenvalue weighted by atomic mass is 79.9. The summed E-state index contributed by atoms with van der Waals surface area (Å²) in [6, 6.07) is 0. The topological polar surface area (TPSA) is 35.5 Å². The first-order valence-corrected chi connectivity index (χ1v) is 3.14. The van der Waals surface area contributed by atoms with Crippen LogP contribution in [0.4, 0.5) is 0 Å². The van der Waals surface area contributed by atoms with Crippen LogP contribution in [-0.2, 0) is 14.3 Å². The molecule has 1 aliphatic heterocycles. The van der Waals surface area contributed by atoms with E-state index >= 15 is 0 Å². The second kappa shape index (κ2) is 2.49. The summed E-state index contributed by atoms with van der Waals surface area (Å²) < 4.78 is 9.99. The standard InChI is InChI=1S/C5H5BrO3/c1-8-5-3(6)2-4(7)9-5/h2,5H,1H3. The number of methoxy groups -OCH3 is 1. The van der Waals surface area contributed by atoms with Crippen molar-refractivity contribution in [1.82, 2.24) is 0 Å². The molecule has 0 aromatic rings. The Morgan fingerprint density at radius 2 is 2.56 bits per heavy atom. The summed E-state index contributed by atoms with van der Waals surface area (Å²) in [4.78, 5) is 10.4. The van der Waals surface area contributed by atoms with Crippen LogP contribution in [0.5, 0.6) is 0 Å². The van der Waals surface area contributed by atoms with E-state index < -0.39 is 6.29 Å². The maximum atomic E-state index is 10.4. The molecule has 0 saturated carbocycles. The highest BCUT2D eigenvalue weighted by Crippen LogP contribution is 2.20. The van der Waals surface area contributed by atoms with Crippen molar-refractivity contribution >= 4 is 21.9 Å². The van der Waals surface area contributed by atoms with Crippen molar-refractivity contribution in [2.45, 2.75) is 6.29 Å². The number of ether oxygens (including phenoxy) is 2. The van der Waals surface area contributed by atoms with Gasteiger partial charge in [-0.25, -0.2) is 4.79 Å². The summed E-state index contributed by atoms with van der Waals surface area (Å²) in [5.74, 6) is -0.367. The van der Waals surface area contributed by atoms with Crippen molar-refractivity contribution in [2.75, 3.05) is 7.11 Å². The van der Waals surface area contributed by atoms with E-state index in [1.54, 1.807) is 0 Å². The van der Waals surface area contributed by atoms with Crippen molar-refractivity contribution in [3.05, 3.63) is 10.6 Å². The summed E-state index contributed by atoms with van der Waals surface area (Å²) in [5, 5.41) is 0. The van der Waals surface area contributed by atoms with Crippen LogP contribution in [0.25, 0.3) is 0 Å². The molecule has 0 aromatic carbocycles. The minimum atomic E-state index is -0.530. The van der Waals surface area contributed by atoms with E-state index in [1.807, 2.05) is 0 Å². The van der Waals surface area contributed by atoms with Crippen LogP contribution in [0.3, 0.4) is 0 Å². The molecule has 1 rings (SSSR count). The number of rotatable bonds is 1. The predicted molar refractivity (Wildman–Crippen MR) is 33.9 cm³/mol. The fourth-order valence-corrected chi connectivity index (χ4v) is 1.00. The number of cyclic esters (lactones) is 1. The molecule has 0 aromatic heterocycles. The minimum absolute atomic E-state index is 0.367. The van der Waals surface area contributed by atoms with Gasteiger partial charge in [0.1, 0.15) is 0 Å². The van der Waals surface area contributed by atoms with Gasteiger partial charge in [0.2, 0.25) is 6.29 Å². The molecule has 0 aliphatic carbocycles. The molecule has 1 unspecified atom stereocenters. The third-order valence-corrected chi connectivity index (χ3v) is 1.52. The quantitative estimate of drug-likeness (QED) is 0.577. The molecule has 0 bridgehead atoms. The summed E-state index contributed by atoms with van der Waals surface area (Å²) in [6.07, 6.45) is 0.811. The summed E-state index contributed by atoms with van der Waals surface area (Å²) in [6.45, 7) is 0. The number of halogens is 1. The highest BCUT2D eigenvalue weighted by molar-refractivity contribution is 9.11. The third-order valence-electron chi connectivity index (χ3n) is 0.918. The lowest BCUT2D eigenvalue weighted by atomic mass is 10.5. The van der Waals surface area contributed by atoms with E-state index in [9.17, 15) is 4.79 Å². The first-order valence-electron chi connectivity index (χ1n) is 2.34. The average molecular weight is 193 g/mol. The van der Waals surface area contributed by atoms with Gasteiger partial charge < -0.3 is 9.47 Å². The van der Waals surface area contributed by atoms with Crippen molar-refractivity contribution in [1.29, 1.82) is 0 Å². The SMILES string of the molecule is COC1OC(=O)C=C1Br. The zero-order valence-electron chi connectivity index (χ0n) is 4.76. The number of hydrogen-bond acceptors (Lipinski definition) is 3. The van der Waals surface area contributed by atoms with Gasteiger partial charge in [-0.15, -0.1) is 0 Å². The molecule has 1 atom stereocenters. The fraction of sp³-hybridized carbons (Fsp3) is 0.400. The largest absolute Gasteiger partial charge is 0.427 e. The molecule has 3 nitrogen and oxygen atoms in total. The predicted octanol–water partition coefficient (Wildman–Crippen LogP) is 0.795. The Bertz CT molecular complexity index is 164. The van der Waals surface area contributed by atoms with E-state index in [0.717, 1.165) is 0 Å². The molecule has 0 amide bonds. The van der Waals surface area contributed by atoms with Crippen LogP contribution in [0, 0.1) is 0 Å². The van der Waals surface area contributed by atoms with Gasteiger partial charge in [0.05, 0.1) is 4.48 Å². The molecule has 0 spiro atoms. The number of carbonyl (C=O) groups excluding carboxylic acids is 1. The van der Waals surface area contributed by atoms with Gasteiger partial charge in [0.25, 0.3) is 0 Å². The fourth-order valence-electron chi connectivity index (χ4n) is 0.537. The molecular formula is C5H5BrO3. The Morgan fingerprint density at radius 1 is 1.89 bits per heavy atom. The second-order valence-electron chi connectivity index (χ2n) is 1.53. The zero-order chi connectivity index (χ0) is 6.85. The molecule has 0 fully saturated rings. The van der Waals surface area contributed by atoms with Gasteiger partial charge in [0.15, 0.2) is 0 Å². The van der Waals surface area contributed by atoms with E-state index in [1.165, 1.54) is 13.2 Å². The van der Waals surface area contributed by atoms with E-state index in [4.69, 9.17) is 4.74 Å². The molecule has 0 saturated heterocycles. The first-order chi connectivity index (χ1) is 4.24. The average Bonchev–Trinajstić information content (AvgIpc) is 2.10. The van der Waals surface area contributed by atoms with Crippen LogP contribution in [-0.4, -0.2) is 19.4 Å². The first kappa shape index (κ1) is 6.77.